The maximum atomic E-state index is 12.0. The van der Waals surface area contributed by atoms with Crippen molar-refractivity contribution in [3.05, 3.63) is 47.2 Å². The summed E-state index contributed by atoms with van der Waals surface area (Å²) in [5.74, 6) is -0.111. The summed E-state index contributed by atoms with van der Waals surface area (Å²) in [6.45, 7) is 14.8. The smallest absolute Gasteiger partial charge is 0.327 e. The van der Waals surface area contributed by atoms with Gasteiger partial charge in [0.15, 0.2) is 0 Å². The summed E-state index contributed by atoms with van der Waals surface area (Å²) < 4.78 is 0. The number of carbonyl (C=O) groups is 2. The molecule has 1 unspecified atom stereocenters. The second kappa shape index (κ2) is 17.7. The third-order valence-electron chi connectivity index (χ3n) is 4.60. The number of rotatable bonds is 17. The van der Waals surface area contributed by atoms with E-state index in [1.54, 1.807) is 0 Å². The van der Waals surface area contributed by atoms with Gasteiger partial charge >= 0.3 is 5.97 Å². The van der Waals surface area contributed by atoms with Crippen LogP contribution in [-0.2, 0) is 9.59 Å². The molecule has 0 bridgehead atoms. The number of allylic oxidation sites excluding steroid dienone is 6. The zero-order valence-corrected chi connectivity index (χ0v) is 20.9. The lowest BCUT2D eigenvalue weighted by molar-refractivity contribution is -0.141. The first-order valence-corrected chi connectivity index (χ1v) is 12.2. The molecule has 0 aliphatic heterocycles. The normalized spacial score (nSPS) is 12.8. The molecule has 0 aromatic heterocycles. The van der Waals surface area contributed by atoms with Gasteiger partial charge in [-0.05, 0) is 66.7 Å². The number of thioether (sulfide) groups is 1. The first kappa shape index (κ1) is 29.1. The van der Waals surface area contributed by atoms with E-state index in [4.69, 9.17) is 0 Å². The first-order chi connectivity index (χ1) is 14.6. The molecule has 5 nitrogen and oxygen atoms in total. The molecule has 0 aliphatic carbocycles. The third kappa shape index (κ3) is 18.5. The molecule has 0 aromatic carbocycles. The lowest BCUT2D eigenvalue weighted by Crippen LogP contribution is -2.42. The van der Waals surface area contributed by atoms with Crippen LogP contribution in [0.15, 0.2) is 47.2 Å². The van der Waals surface area contributed by atoms with Gasteiger partial charge in [-0.25, -0.2) is 4.79 Å². The monoisotopic (exact) mass is 450 g/mol. The van der Waals surface area contributed by atoms with E-state index in [1.807, 2.05) is 6.92 Å². The molecule has 0 rings (SSSR count). The van der Waals surface area contributed by atoms with Gasteiger partial charge in [-0.3, -0.25) is 4.79 Å². The second-order valence-corrected chi connectivity index (χ2v) is 9.34. The van der Waals surface area contributed by atoms with Crippen molar-refractivity contribution in [3.63, 3.8) is 0 Å². The van der Waals surface area contributed by atoms with E-state index in [2.05, 4.69) is 63.1 Å². The molecule has 0 aliphatic rings. The van der Waals surface area contributed by atoms with Crippen molar-refractivity contribution in [1.29, 1.82) is 0 Å². The maximum absolute atomic E-state index is 12.0. The fraction of sp³-hybridized carbons (Fsp3) is 0.600. The summed E-state index contributed by atoms with van der Waals surface area (Å²) in [7, 11) is 0. The minimum Gasteiger partial charge on any atom is -0.480 e. The standard InChI is InChI=1S/C25H42N2O3S/c1-19(2)10-7-11-21(5)12-8-13-22(6)15-17-31-18-23(25(29)30)27-24(28)14-9-16-26-20(3)4/h10,12,15,23,26H,3,7-9,11,13-14,16-18H2,1-2,4-6H3,(H,27,28)(H,29,30)/b21-12+,22-15+. The van der Waals surface area contributed by atoms with Crippen molar-refractivity contribution in [2.45, 2.75) is 79.2 Å². The fourth-order valence-electron chi connectivity index (χ4n) is 2.72. The number of hydrogen-bond donors (Lipinski definition) is 3. The van der Waals surface area contributed by atoms with E-state index in [0.29, 0.717) is 25.1 Å². The minimum atomic E-state index is -0.990. The van der Waals surface area contributed by atoms with Crippen molar-refractivity contribution in [3.8, 4) is 0 Å². The molecule has 3 N–H and O–H groups in total. The van der Waals surface area contributed by atoms with Crippen molar-refractivity contribution < 1.29 is 14.7 Å². The van der Waals surface area contributed by atoms with E-state index in [1.165, 1.54) is 28.5 Å². The van der Waals surface area contributed by atoms with Gasteiger partial charge in [-0.2, -0.15) is 11.8 Å². The Morgan fingerprint density at radius 2 is 1.58 bits per heavy atom. The highest BCUT2D eigenvalue weighted by molar-refractivity contribution is 7.99. The van der Waals surface area contributed by atoms with E-state index in [-0.39, 0.29) is 5.91 Å². The lowest BCUT2D eigenvalue weighted by Gasteiger charge is -2.14. The Morgan fingerprint density at radius 3 is 2.16 bits per heavy atom. The van der Waals surface area contributed by atoms with E-state index < -0.39 is 12.0 Å². The van der Waals surface area contributed by atoms with E-state index >= 15 is 0 Å². The molecule has 1 amide bonds. The summed E-state index contributed by atoms with van der Waals surface area (Å²) >= 11 is 1.53. The SMILES string of the molecule is C=C(C)NCCCC(=O)NC(CSC/C=C(\C)CC/C=C(\C)CCC=C(C)C)C(=O)O. The molecule has 1 atom stereocenters. The number of carboxylic acids is 1. The van der Waals surface area contributed by atoms with Crippen LogP contribution in [0.5, 0.6) is 0 Å². The average Bonchev–Trinajstić information content (AvgIpc) is 2.67. The molecular weight excluding hydrogens is 408 g/mol. The van der Waals surface area contributed by atoms with Crippen LogP contribution in [0.4, 0.5) is 0 Å². The topological polar surface area (TPSA) is 78.4 Å². The molecule has 0 spiro atoms. The zero-order valence-electron chi connectivity index (χ0n) is 20.1. The van der Waals surface area contributed by atoms with E-state index in [9.17, 15) is 14.7 Å². The van der Waals surface area contributed by atoms with Crippen LogP contribution in [0.1, 0.15) is 73.1 Å². The quantitative estimate of drug-likeness (QED) is 0.198. The zero-order chi connectivity index (χ0) is 23.6. The Balaban J connectivity index is 4.17. The van der Waals surface area contributed by atoms with Gasteiger partial charge < -0.3 is 15.7 Å². The van der Waals surface area contributed by atoms with Crippen LogP contribution in [0.3, 0.4) is 0 Å². The van der Waals surface area contributed by atoms with Crippen LogP contribution in [0.25, 0.3) is 0 Å². The van der Waals surface area contributed by atoms with Gasteiger partial charge in [0.1, 0.15) is 6.04 Å². The number of carbonyl (C=O) groups excluding carboxylic acids is 1. The molecule has 6 heteroatoms. The summed E-state index contributed by atoms with van der Waals surface area (Å²) in [5.41, 5.74) is 4.95. The second-order valence-electron chi connectivity index (χ2n) is 8.27. The summed E-state index contributed by atoms with van der Waals surface area (Å²) in [4.78, 5) is 23.4. The largest absolute Gasteiger partial charge is 0.480 e. The molecule has 0 fully saturated rings. The van der Waals surface area contributed by atoms with Gasteiger partial charge in [0.05, 0.1) is 0 Å². The summed E-state index contributed by atoms with van der Waals surface area (Å²) in [6, 6.07) is -0.855. The molecule has 0 saturated heterocycles. The highest BCUT2D eigenvalue weighted by atomic mass is 32.2. The van der Waals surface area contributed by atoms with Gasteiger partial charge in [0.25, 0.3) is 0 Å². The summed E-state index contributed by atoms with van der Waals surface area (Å²) in [6.07, 6.45) is 11.9. The van der Waals surface area contributed by atoms with E-state index in [0.717, 1.165) is 37.1 Å². The number of nitrogens with one attached hydrogen (secondary N) is 2. The third-order valence-corrected chi connectivity index (χ3v) is 5.57. The molecular formula is C25H42N2O3S. The number of hydrogen-bond acceptors (Lipinski definition) is 4. The number of amides is 1. The molecule has 0 saturated carbocycles. The van der Waals surface area contributed by atoms with Crippen LogP contribution >= 0.6 is 11.8 Å². The van der Waals surface area contributed by atoms with Gasteiger partial charge in [0.2, 0.25) is 5.91 Å². The Morgan fingerprint density at radius 1 is 0.968 bits per heavy atom. The maximum Gasteiger partial charge on any atom is 0.327 e. The van der Waals surface area contributed by atoms with Crippen molar-refractivity contribution in [1.82, 2.24) is 10.6 Å². The highest BCUT2D eigenvalue weighted by Crippen LogP contribution is 2.13. The van der Waals surface area contributed by atoms with Crippen molar-refractivity contribution in [2.75, 3.05) is 18.1 Å². The fourth-order valence-corrected chi connectivity index (χ4v) is 3.72. The molecule has 31 heavy (non-hydrogen) atoms. The Bertz CT molecular complexity index is 662. The molecule has 176 valence electrons. The van der Waals surface area contributed by atoms with Crippen LogP contribution in [0.2, 0.25) is 0 Å². The lowest BCUT2D eigenvalue weighted by atomic mass is 10.1. The first-order valence-electron chi connectivity index (χ1n) is 11.1. The Hall–Kier alpha value is -1.95. The predicted molar refractivity (Wildman–Crippen MR) is 134 cm³/mol. The number of carboxylic acid groups (broad SMARTS) is 1. The van der Waals surface area contributed by atoms with Gasteiger partial charge in [0, 0.05) is 30.2 Å². The van der Waals surface area contributed by atoms with Crippen LogP contribution in [0, 0.1) is 0 Å². The molecule has 0 aromatic rings. The number of aliphatic carboxylic acids is 1. The van der Waals surface area contributed by atoms with Crippen molar-refractivity contribution >= 4 is 23.6 Å². The van der Waals surface area contributed by atoms with Gasteiger partial charge in [-0.15, -0.1) is 0 Å². The predicted octanol–water partition coefficient (Wildman–Crippen LogP) is 5.61. The van der Waals surface area contributed by atoms with Gasteiger partial charge in [-0.1, -0.05) is 41.5 Å². The van der Waals surface area contributed by atoms with Crippen molar-refractivity contribution in [2.24, 2.45) is 0 Å². The average molecular weight is 451 g/mol. The Kier molecular flexibility index (Phi) is 16.6. The highest BCUT2D eigenvalue weighted by Gasteiger charge is 2.19. The van der Waals surface area contributed by atoms with Crippen LogP contribution < -0.4 is 10.6 Å². The van der Waals surface area contributed by atoms with Crippen LogP contribution in [-0.4, -0.2) is 41.1 Å². The Labute approximate surface area is 193 Å². The molecule has 0 heterocycles. The molecule has 0 radical (unpaired) electrons. The minimum absolute atomic E-state index is 0.227. The summed E-state index contributed by atoms with van der Waals surface area (Å²) in [5, 5.41) is 15.0.